The first-order valence-corrected chi connectivity index (χ1v) is 7.45. The van der Waals surface area contributed by atoms with Crippen LogP contribution in [0.1, 0.15) is 17.2 Å². The molecule has 3 rings (SSSR count). The maximum Gasteiger partial charge on any atom is 0.573 e. The van der Waals surface area contributed by atoms with Gasteiger partial charge in [0.15, 0.2) is 0 Å². The topological polar surface area (TPSA) is 38.7 Å². The zero-order chi connectivity index (χ0) is 19.3. The van der Waals surface area contributed by atoms with Crippen molar-refractivity contribution in [3.05, 3.63) is 52.3 Å². The molecule has 0 heterocycles. The second kappa shape index (κ2) is 6.24. The van der Waals surface area contributed by atoms with E-state index in [1.807, 2.05) is 0 Å². The van der Waals surface area contributed by atoms with Crippen molar-refractivity contribution < 1.29 is 40.9 Å². The molecule has 0 saturated heterocycles. The maximum absolute atomic E-state index is 13.9. The van der Waals surface area contributed by atoms with Gasteiger partial charge in [-0.1, -0.05) is 11.6 Å². The summed E-state index contributed by atoms with van der Waals surface area (Å²) in [5, 5.41) is 9.70. The second-order valence-electron chi connectivity index (χ2n) is 5.55. The Bertz CT molecular complexity index is 832. The van der Waals surface area contributed by atoms with Gasteiger partial charge in [-0.3, -0.25) is 0 Å². The highest BCUT2D eigenvalue weighted by Gasteiger charge is 2.51. The minimum absolute atomic E-state index is 0.0287. The minimum atomic E-state index is -5.14. The molecule has 1 unspecified atom stereocenters. The van der Waals surface area contributed by atoms with Crippen molar-refractivity contribution in [2.24, 2.45) is 0 Å². The van der Waals surface area contributed by atoms with E-state index >= 15 is 0 Å². The lowest BCUT2D eigenvalue weighted by Crippen LogP contribution is -2.23. The molecule has 1 atom stereocenters. The zero-order valence-electron chi connectivity index (χ0n) is 12.6. The molecule has 3 nitrogen and oxygen atoms in total. The fourth-order valence-corrected chi connectivity index (χ4v) is 2.88. The third kappa shape index (κ3) is 3.68. The molecular formula is C16H9ClF6O3. The third-order valence-corrected chi connectivity index (χ3v) is 3.87. The van der Waals surface area contributed by atoms with Crippen LogP contribution in [0.3, 0.4) is 0 Å². The van der Waals surface area contributed by atoms with Crippen molar-refractivity contribution in [1.29, 1.82) is 0 Å². The normalized spacial score (nSPS) is 18.5. The smallest absolute Gasteiger partial charge is 0.457 e. The summed E-state index contributed by atoms with van der Waals surface area (Å²) in [6.07, 6.45) is -8.71. The molecule has 1 aliphatic rings. The SMILES string of the molecule is OC1c2c(OC(F)(F)F)ccc(Oc3cc(F)cc(Cl)c3)c2CC1(F)F. The third-order valence-electron chi connectivity index (χ3n) is 3.65. The molecule has 140 valence electrons. The van der Waals surface area contributed by atoms with Gasteiger partial charge in [-0.15, -0.1) is 13.2 Å². The molecule has 1 aliphatic carbocycles. The van der Waals surface area contributed by atoms with Crippen molar-refractivity contribution in [3.63, 3.8) is 0 Å². The molecule has 0 spiro atoms. The molecule has 0 aromatic heterocycles. The van der Waals surface area contributed by atoms with Crippen molar-refractivity contribution in [2.75, 3.05) is 0 Å². The van der Waals surface area contributed by atoms with E-state index in [2.05, 4.69) is 4.74 Å². The van der Waals surface area contributed by atoms with Gasteiger partial charge in [-0.05, 0) is 24.3 Å². The van der Waals surface area contributed by atoms with Crippen LogP contribution >= 0.6 is 11.6 Å². The van der Waals surface area contributed by atoms with Gasteiger partial charge in [0, 0.05) is 28.6 Å². The molecule has 2 aromatic rings. The average molecular weight is 399 g/mol. The van der Waals surface area contributed by atoms with Crippen molar-refractivity contribution >= 4 is 11.6 Å². The van der Waals surface area contributed by atoms with Crippen LogP contribution in [0, 0.1) is 5.82 Å². The van der Waals surface area contributed by atoms with Gasteiger partial charge in [0.05, 0.1) is 0 Å². The van der Waals surface area contributed by atoms with Gasteiger partial charge >= 0.3 is 6.36 Å². The summed E-state index contributed by atoms with van der Waals surface area (Å²) < 4.78 is 87.6. The van der Waals surface area contributed by atoms with Gasteiger partial charge in [-0.2, -0.15) is 0 Å². The lowest BCUT2D eigenvalue weighted by molar-refractivity contribution is -0.275. The lowest BCUT2D eigenvalue weighted by atomic mass is 10.1. The Balaban J connectivity index is 2.06. The number of benzene rings is 2. The zero-order valence-corrected chi connectivity index (χ0v) is 13.3. The van der Waals surface area contributed by atoms with Crippen molar-refractivity contribution in [1.82, 2.24) is 0 Å². The van der Waals surface area contributed by atoms with E-state index in [1.54, 1.807) is 0 Å². The molecule has 0 aliphatic heterocycles. The number of fused-ring (bicyclic) bond motifs is 1. The highest BCUT2D eigenvalue weighted by Crippen LogP contribution is 2.51. The molecule has 0 fully saturated rings. The first kappa shape index (κ1) is 18.7. The standard InChI is InChI=1S/C16H9ClF6O3/c17-7-3-8(18)5-9(4-7)25-11-1-2-12(26-16(21,22)23)13-10(11)6-15(19,20)14(13)24/h1-5,14,24H,6H2. The number of alkyl halides is 5. The number of hydrogen-bond acceptors (Lipinski definition) is 3. The van der Waals surface area contributed by atoms with Crippen LogP contribution < -0.4 is 9.47 Å². The Morgan fingerprint density at radius 1 is 1.12 bits per heavy atom. The quantitative estimate of drug-likeness (QED) is 0.704. The fraction of sp³-hybridized carbons (Fsp3) is 0.250. The van der Waals surface area contributed by atoms with Gasteiger partial charge in [-0.25, -0.2) is 13.2 Å². The van der Waals surface area contributed by atoms with E-state index in [0.717, 1.165) is 24.3 Å². The number of aliphatic hydroxyl groups is 1. The summed E-state index contributed by atoms with van der Waals surface area (Å²) in [5.74, 6) is -5.85. The Morgan fingerprint density at radius 2 is 1.77 bits per heavy atom. The summed E-state index contributed by atoms with van der Waals surface area (Å²) in [6.45, 7) is 0. The summed E-state index contributed by atoms with van der Waals surface area (Å²) >= 11 is 5.67. The predicted octanol–water partition coefficient (Wildman–Crippen LogP) is 5.39. The van der Waals surface area contributed by atoms with Gasteiger partial charge in [0.2, 0.25) is 0 Å². The number of hydrogen-bond donors (Lipinski definition) is 1. The van der Waals surface area contributed by atoms with Crippen LogP contribution in [0.5, 0.6) is 17.2 Å². The van der Waals surface area contributed by atoms with Gasteiger partial charge in [0.25, 0.3) is 5.92 Å². The molecule has 0 radical (unpaired) electrons. The van der Waals surface area contributed by atoms with E-state index in [-0.39, 0.29) is 22.1 Å². The molecule has 0 saturated carbocycles. The largest absolute Gasteiger partial charge is 0.573 e. The Labute approximate surface area is 147 Å². The summed E-state index contributed by atoms with van der Waals surface area (Å²) in [4.78, 5) is 0. The van der Waals surface area contributed by atoms with E-state index in [1.165, 1.54) is 6.07 Å². The number of ether oxygens (including phenoxy) is 2. The summed E-state index contributed by atoms with van der Waals surface area (Å²) in [6, 6.07) is 4.81. The second-order valence-corrected chi connectivity index (χ2v) is 5.99. The van der Waals surface area contributed by atoms with E-state index in [0.29, 0.717) is 0 Å². The van der Waals surface area contributed by atoms with E-state index in [4.69, 9.17) is 16.3 Å². The maximum atomic E-state index is 13.9. The van der Waals surface area contributed by atoms with Crippen LogP contribution in [0.25, 0.3) is 0 Å². The van der Waals surface area contributed by atoms with Gasteiger partial charge in [0.1, 0.15) is 29.2 Å². The first-order valence-electron chi connectivity index (χ1n) is 7.07. The van der Waals surface area contributed by atoms with Gasteiger partial charge < -0.3 is 14.6 Å². The monoisotopic (exact) mass is 398 g/mol. The van der Waals surface area contributed by atoms with Crippen molar-refractivity contribution in [3.8, 4) is 17.2 Å². The highest BCUT2D eigenvalue weighted by molar-refractivity contribution is 6.30. The summed E-state index contributed by atoms with van der Waals surface area (Å²) in [5.41, 5.74) is -1.10. The number of aliphatic hydroxyl groups excluding tert-OH is 1. The minimum Gasteiger partial charge on any atom is -0.457 e. The Kier molecular flexibility index (Phi) is 4.48. The Morgan fingerprint density at radius 3 is 2.38 bits per heavy atom. The van der Waals surface area contributed by atoms with Crippen molar-refractivity contribution in [2.45, 2.75) is 24.8 Å². The molecular weight excluding hydrogens is 390 g/mol. The van der Waals surface area contributed by atoms with Crippen LogP contribution in [-0.4, -0.2) is 17.4 Å². The van der Waals surface area contributed by atoms with Crippen LogP contribution in [-0.2, 0) is 6.42 Å². The molecule has 10 heteroatoms. The van der Waals surface area contributed by atoms with Crippen LogP contribution in [0.2, 0.25) is 5.02 Å². The number of rotatable bonds is 3. The first-order chi connectivity index (χ1) is 12.0. The lowest BCUT2D eigenvalue weighted by Gasteiger charge is -2.18. The van der Waals surface area contributed by atoms with E-state index in [9.17, 15) is 31.4 Å². The highest BCUT2D eigenvalue weighted by atomic mass is 35.5. The molecule has 0 bridgehead atoms. The fourth-order valence-electron chi connectivity index (χ4n) is 2.67. The van der Waals surface area contributed by atoms with Crippen LogP contribution in [0.15, 0.2) is 30.3 Å². The Hall–Kier alpha value is -2.13. The molecule has 26 heavy (non-hydrogen) atoms. The molecule has 1 N–H and O–H groups in total. The predicted molar refractivity (Wildman–Crippen MR) is 78.2 cm³/mol. The number of halogens is 7. The van der Waals surface area contributed by atoms with Crippen LogP contribution in [0.4, 0.5) is 26.3 Å². The molecule has 0 amide bonds. The summed E-state index contributed by atoms with van der Waals surface area (Å²) in [7, 11) is 0. The molecule has 2 aromatic carbocycles. The van der Waals surface area contributed by atoms with E-state index < -0.39 is 41.9 Å². The average Bonchev–Trinajstić information content (AvgIpc) is 2.70.